The maximum atomic E-state index is 10.4. The van der Waals surface area contributed by atoms with Gasteiger partial charge in [-0.2, -0.15) is 5.10 Å². The van der Waals surface area contributed by atoms with Crippen LogP contribution in [0.25, 0.3) is 10.8 Å². The normalized spacial score (nSPS) is 12.8. The summed E-state index contributed by atoms with van der Waals surface area (Å²) in [6.45, 7) is 0. The van der Waals surface area contributed by atoms with Crippen molar-refractivity contribution in [3.05, 3.63) is 60.2 Å². The Labute approximate surface area is 105 Å². The molecule has 4 nitrogen and oxygen atoms in total. The fourth-order valence-electron chi connectivity index (χ4n) is 2.12. The molecule has 1 unspecified atom stereocenters. The molecule has 0 radical (unpaired) electrons. The Morgan fingerprint density at radius 2 is 2.11 bits per heavy atom. The highest BCUT2D eigenvalue weighted by molar-refractivity contribution is 5.85. The maximum Gasteiger partial charge on any atom is 0.123 e. The molecule has 2 heterocycles. The molecule has 1 N–H and O–H groups in total. The van der Waals surface area contributed by atoms with Crippen molar-refractivity contribution in [3.63, 3.8) is 0 Å². The summed E-state index contributed by atoms with van der Waals surface area (Å²) in [5, 5.41) is 16.7. The number of hydrogen-bond donors (Lipinski definition) is 1. The van der Waals surface area contributed by atoms with Gasteiger partial charge in [0.25, 0.3) is 0 Å². The van der Waals surface area contributed by atoms with Gasteiger partial charge in [0.1, 0.15) is 6.10 Å². The molecule has 90 valence electrons. The molecule has 3 rings (SSSR count). The average Bonchev–Trinajstić information content (AvgIpc) is 2.84. The Morgan fingerprint density at radius 3 is 2.89 bits per heavy atom. The molecule has 0 aliphatic carbocycles. The van der Waals surface area contributed by atoms with Gasteiger partial charge in [0.05, 0.1) is 5.69 Å². The molecule has 0 amide bonds. The van der Waals surface area contributed by atoms with E-state index in [0.717, 1.165) is 16.3 Å². The van der Waals surface area contributed by atoms with Crippen molar-refractivity contribution in [2.75, 3.05) is 0 Å². The van der Waals surface area contributed by atoms with E-state index in [4.69, 9.17) is 0 Å². The first kappa shape index (κ1) is 10.9. The zero-order valence-corrected chi connectivity index (χ0v) is 9.99. The SMILES string of the molecule is Cn1ccc(C(O)c2cccc3cnccc23)n1. The van der Waals surface area contributed by atoms with E-state index in [1.807, 2.05) is 43.6 Å². The van der Waals surface area contributed by atoms with Crippen LogP contribution in [0.15, 0.2) is 48.9 Å². The van der Waals surface area contributed by atoms with E-state index in [1.54, 1.807) is 17.1 Å². The van der Waals surface area contributed by atoms with Crippen molar-refractivity contribution in [2.24, 2.45) is 7.05 Å². The van der Waals surface area contributed by atoms with Crippen molar-refractivity contribution >= 4 is 10.8 Å². The number of benzene rings is 1. The lowest BCUT2D eigenvalue weighted by atomic mass is 10.0. The van der Waals surface area contributed by atoms with Gasteiger partial charge in [-0.3, -0.25) is 9.67 Å². The van der Waals surface area contributed by atoms with E-state index >= 15 is 0 Å². The van der Waals surface area contributed by atoms with Crippen LogP contribution in [0.2, 0.25) is 0 Å². The van der Waals surface area contributed by atoms with E-state index in [-0.39, 0.29) is 0 Å². The molecule has 3 aromatic rings. The third-order valence-electron chi connectivity index (χ3n) is 3.02. The van der Waals surface area contributed by atoms with E-state index < -0.39 is 6.10 Å². The zero-order valence-electron chi connectivity index (χ0n) is 9.99. The van der Waals surface area contributed by atoms with Gasteiger partial charge in [-0.15, -0.1) is 0 Å². The summed E-state index contributed by atoms with van der Waals surface area (Å²) in [6, 6.07) is 9.56. The first-order chi connectivity index (χ1) is 8.75. The third-order valence-corrected chi connectivity index (χ3v) is 3.02. The summed E-state index contributed by atoms with van der Waals surface area (Å²) in [5.74, 6) is 0. The minimum atomic E-state index is -0.711. The summed E-state index contributed by atoms with van der Waals surface area (Å²) >= 11 is 0. The van der Waals surface area contributed by atoms with Crippen LogP contribution in [-0.2, 0) is 7.05 Å². The molecule has 4 heteroatoms. The van der Waals surface area contributed by atoms with Gasteiger partial charge in [-0.25, -0.2) is 0 Å². The molecule has 0 bridgehead atoms. The van der Waals surface area contributed by atoms with Crippen LogP contribution in [-0.4, -0.2) is 19.9 Å². The van der Waals surface area contributed by atoms with E-state index in [9.17, 15) is 5.11 Å². The van der Waals surface area contributed by atoms with E-state index in [0.29, 0.717) is 5.69 Å². The second kappa shape index (κ2) is 4.23. The Kier molecular flexibility index (Phi) is 2.57. The second-order valence-corrected chi connectivity index (χ2v) is 4.26. The van der Waals surface area contributed by atoms with Gasteiger partial charge in [-0.05, 0) is 23.1 Å². The molecule has 0 fully saturated rings. The van der Waals surface area contributed by atoms with Crippen molar-refractivity contribution in [3.8, 4) is 0 Å². The lowest BCUT2D eigenvalue weighted by molar-refractivity contribution is 0.216. The first-order valence-electron chi connectivity index (χ1n) is 5.76. The predicted molar refractivity (Wildman–Crippen MR) is 69.0 cm³/mol. The molecule has 2 aromatic heterocycles. The van der Waals surface area contributed by atoms with Crippen LogP contribution < -0.4 is 0 Å². The molecule has 0 saturated heterocycles. The average molecular weight is 239 g/mol. The third kappa shape index (κ3) is 1.76. The topological polar surface area (TPSA) is 50.9 Å². The van der Waals surface area contributed by atoms with Crippen LogP contribution in [0, 0.1) is 0 Å². The number of aliphatic hydroxyl groups is 1. The number of aryl methyl sites for hydroxylation is 1. The standard InChI is InChI=1S/C14H13N3O/c1-17-8-6-13(16-17)14(18)12-4-2-3-10-9-15-7-5-11(10)12/h2-9,14,18H,1H3. The second-order valence-electron chi connectivity index (χ2n) is 4.26. The Balaban J connectivity index is 2.14. The fourth-order valence-corrected chi connectivity index (χ4v) is 2.12. The number of pyridine rings is 1. The smallest absolute Gasteiger partial charge is 0.123 e. The molecular formula is C14H13N3O. The molecule has 0 saturated carbocycles. The molecule has 1 atom stereocenters. The van der Waals surface area contributed by atoms with E-state index in [1.165, 1.54) is 0 Å². The van der Waals surface area contributed by atoms with Crippen molar-refractivity contribution in [2.45, 2.75) is 6.10 Å². The highest BCUT2D eigenvalue weighted by Gasteiger charge is 2.15. The molecule has 1 aromatic carbocycles. The van der Waals surface area contributed by atoms with Gasteiger partial charge >= 0.3 is 0 Å². The summed E-state index contributed by atoms with van der Waals surface area (Å²) in [4.78, 5) is 4.09. The van der Waals surface area contributed by atoms with Gasteiger partial charge in [0.15, 0.2) is 0 Å². The molecule has 0 spiro atoms. The van der Waals surface area contributed by atoms with Crippen molar-refractivity contribution < 1.29 is 5.11 Å². The zero-order chi connectivity index (χ0) is 12.5. The van der Waals surface area contributed by atoms with Crippen LogP contribution in [0.4, 0.5) is 0 Å². The maximum absolute atomic E-state index is 10.4. The number of aliphatic hydroxyl groups excluding tert-OH is 1. The van der Waals surface area contributed by atoms with Gasteiger partial charge in [0, 0.05) is 31.0 Å². The number of rotatable bonds is 2. The molecular weight excluding hydrogens is 226 g/mol. The summed E-state index contributed by atoms with van der Waals surface area (Å²) in [7, 11) is 1.84. The first-order valence-corrected chi connectivity index (χ1v) is 5.76. The lowest BCUT2D eigenvalue weighted by Gasteiger charge is -2.11. The number of nitrogens with zero attached hydrogens (tertiary/aromatic N) is 3. The molecule has 18 heavy (non-hydrogen) atoms. The summed E-state index contributed by atoms with van der Waals surface area (Å²) in [6.07, 6.45) is 4.64. The molecule has 0 aliphatic rings. The van der Waals surface area contributed by atoms with Crippen LogP contribution in [0.5, 0.6) is 0 Å². The van der Waals surface area contributed by atoms with E-state index in [2.05, 4.69) is 10.1 Å². The number of hydrogen-bond acceptors (Lipinski definition) is 3. The number of fused-ring (bicyclic) bond motifs is 1. The Hall–Kier alpha value is -2.20. The highest BCUT2D eigenvalue weighted by Crippen LogP contribution is 2.27. The Bertz CT molecular complexity index is 685. The number of aromatic nitrogens is 3. The van der Waals surface area contributed by atoms with Crippen molar-refractivity contribution in [1.29, 1.82) is 0 Å². The minimum Gasteiger partial charge on any atom is -0.382 e. The van der Waals surface area contributed by atoms with Crippen LogP contribution in [0.1, 0.15) is 17.4 Å². The quantitative estimate of drug-likeness (QED) is 0.744. The lowest BCUT2D eigenvalue weighted by Crippen LogP contribution is -2.02. The fraction of sp³-hybridized carbons (Fsp3) is 0.143. The highest BCUT2D eigenvalue weighted by atomic mass is 16.3. The van der Waals surface area contributed by atoms with Gasteiger partial charge in [0.2, 0.25) is 0 Å². The van der Waals surface area contributed by atoms with Crippen molar-refractivity contribution in [1.82, 2.24) is 14.8 Å². The monoisotopic (exact) mass is 239 g/mol. The van der Waals surface area contributed by atoms with Crippen LogP contribution in [0.3, 0.4) is 0 Å². The molecule has 0 aliphatic heterocycles. The van der Waals surface area contributed by atoms with Crippen LogP contribution >= 0.6 is 0 Å². The predicted octanol–water partition coefficient (Wildman–Crippen LogP) is 2.05. The van der Waals surface area contributed by atoms with Gasteiger partial charge in [-0.1, -0.05) is 18.2 Å². The summed E-state index contributed by atoms with van der Waals surface area (Å²) < 4.78 is 1.69. The largest absolute Gasteiger partial charge is 0.382 e. The minimum absolute atomic E-state index is 0.654. The Morgan fingerprint density at radius 1 is 1.22 bits per heavy atom. The summed E-state index contributed by atoms with van der Waals surface area (Å²) in [5.41, 5.74) is 1.51. The van der Waals surface area contributed by atoms with Gasteiger partial charge < -0.3 is 5.11 Å².